The molecule has 0 atom stereocenters. The summed E-state index contributed by atoms with van der Waals surface area (Å²) >= 11 is 0. The van der Waals surface area contributed by atoms with Gasteiger partial charge < -0.3 is 14.0 Å². The van der Waals surface area contributed by atoms with Crippen LogP contribution in [0.15, 0.2) is 55.0 Å². The van der Waals surface area contributed by atoms with Crippen molar-refractivity contribution >= 4 is 5.97 Å². The number of pyridine rings is 1. The number of aromatic nitrogens is 2. The van der Waals surface area contributed by atoms with E-state index in [-0.39, 0.29) is 19.0 Å². The quantitative estimate of drug-likeness (QED) is 0.421. The molecular weight excluding hydrogens is 366 g/mol. The molecule has 0 aliphatic heterocycles. The fourth-order valence-corrected chi connectivity index (χ4v) is 2.78. The van der Waals surface area contributed by atoms with Gasteiger partial charge in [0.2, 0.25) is 0 Å². The van der Waals surface area contributed by atoms with E-state index >= 15 is 0 Å². The van der Waals surface area contributed by atoms with Gasteiger partial charge in [-0.3, -0.25) is 4.79 Å². The van der Waals surface area contributed by atoms with E-state index in [0.717, 1.165) is 0 Å². The number of esters is 1. The molecule has 2 aromatic heterocycles. The molecule has 146 valence electrons. The molecular formula is C21H20F2N2O3. The molecule has 0 N–H and O–H groups in total. The molecule has 0 bridgehead atoms. The molecule has 5 nitrogen and oxygen atoms in total. The van der Waals surface area contributed by atoms with Gasteiger partial charge >= 0.3 is 5.97 Å². The smallest absolute Gasteiger partial charge is 0.305 e. The number of benzene rings is 1. The Bertz CT molecular complexity index is 920. The van der Waals surface area contributed by atoms with Crippen LogP contribution in [0.4, 0.5) is 8.78 Å². The zero-order valence-corrected chi connectivity index (χ0v) is 15.4. The molecule has 7 heteroatoms. The highest BCUT2D eigenvalue weighted by Crippen LogP contribution is 2.31. The Morgan fingerprint density at radius 1 is 1.14 bits per heavy atom. The summed E-state index contributed by atoms with van der Waals surface area (Å²) < 4.78 is 40.8. The van der Waals surface area contributed by atoms with E-state index in [0.29, 0.717) is 30.0 Å². The predicted octanol–water partition coefficient (Wildman–Crippen LogP) is 4.54. The van der Waals surface area contributed by atoms with Crippen molar-refractivity contribution in [2.45, 2.75) is 19.8 Å². The van der Waals surface area contributed by atoms with Gasteiger partial charge in [-0.2, -0.15) is 0 Å². The minimum Gasteiger partial charge on any atom is -0.488 e. The summed E-state index contributed by atoms with van der Waals surface area (Å²) in [6.07, 6.45) is 5.66. The second kappa shape index (κ2) is 9.12. The summed E-state index contributed by atoms with van der Waals surface area (Å²) in [5, 5.41) is 0. The lowest BCUT2D eigenvalue weighted by atomic mass is 10.1. The van der Waals surface area contributed by atoms with Crippen LogP contribution in [-0.4, -0.2) is 28.7 Å². The SMILES string of the molecule is CCOC(=O)CCCOc1c(F)cc(-c2cccnc2-n2cccc2)cc1F. The van der Waals surface area contributed by atoms with E-state index < -0.39 is 17.4 Å². The lowest BCUT2D eigenvalue weighted by Gasteiger charge is -2.13. The normalized spacial score (nSPS) is 10.7. The van der Waals surface area contributed by atoms with Gasteiger partial charge in [-0.1, -0.05) is 0 Å². The molecule has 3 aromatic rings. The van der Waals surface area contributed by atoms with E-state index in [1.54, 1.807) is 42.2 Å². The monoisotopic (exact) mass is 386 g/mol. The molecule has 28 heavy (non-hydrogen) atoms. The fourth-order valence-electron chi connectivity index (χ4n) is 2.78. The first kappa shape index (κ1) is 19.5. The maximum atomic E-state index is 14.5. The number of hydrogen-bond acceptors (Lipinski definition) is 4. The predicted molar refractivity (Wildman–Crippen MR) is 100 cm³/mol. The van der Waals surface area contributed by atoms with E-state index in [4.69, 9.17) is 9.47 Å². The third-order valence-electron chi connectivity index (χ3n) is 4.02. The van der Waals surface area contributed by atoms with Crippen LogP contribution < -0.4 is 4.74 Å². The third-order valence-corrected chi connectivity index (χ3v) is 4.02. The van der Waals surface area contributed by atoms with Gasteiger partial charge in [0.25, 0.3) is 0 Å². The number of ether oxygens (including phenoxy) is 2. The average Bonchev–Trinajstić information content (AvgIpc) is 3.21. The van der Waals surface area contributed by atoms with Gasteiger partial charge in [0.15, 0.2) is 17.4 Å². The summed E-state index contributed by atoms with van der Waals surface area (Å²) in [5.41, 5.74) is 0.941. The largest absolute Gasteiger partial charge is 0.488 e. The van der Waals surface area contributed by atoms with Gasteiger partial charge in [-0.15, -0.1) is 0 Å². The van der Waals surface area contributed by atoms with Crippen LogP contribution in [-0.2, 0) is 9.53 Å². The second-order valence-corrected chi connectivity index (χ2v) is 5.99. The number of nitrogens with zero attached hydrogens (tertiary/aromatic N) is 2. The van der Waals surface area contributed by atoms with Crippen molar-refractivity contribution in [2.24, 2.45) is 0 Å². The number of halogens is 2. The summed E-state index contributed by atoms with van der Waals surface area (Å²) in [6.45, 7) is 2.02. The first-order valence-electron chi connectivity index (χ1n) is 8.96. The van der Waals surface area contributed by atoms with Gasteiger partial charge in [0.05, 0.1) is 13.2 Å². The van der Waals surface area contributed by atoms with Gasteiger partial charge in [-0.05, 0) is 55.3 Å². The van der Waals surface area contributed by atoms with E-state index in [2.05, 4.69) is 4.98 Å². The van der Waals surface area contributed by atoms with E-state index in [1.165, 1.54) is 12.1 Å². The van der Waals surface area contributed by atoms with Gasteiger partial charge in [-0.25, -0.2) is 13.8 Å². The molecule has 0 aliphatic carbocycles. The Kier molecular flexibility index (Phi) is 6.37. The Balaban J connectivity index is 1.77. The molecule has 0 unspecified atom stereocenters. The van der Waals surface area contributed by atoms with Crippen molar-refractivity contribution in [1.29, 1.82) is 0 Å². The number of hydrogen-bond donors (Lipinski definition) is 0. The van der Waals surface area contributed by atoms with Crippen LogP contribution in [0.3, 0.4) is 0 Å². The summed E-state index contributed by atoms with van der Waals surface area (Å²) in [7, 11) is 0. The molecule has 3 rings (SSSR count). The standard InChI is InChI=1S/C21H20F2N2O3/c1-2-27-19(26)8-6-12-28-20-17(22)13-15(14-18(20)23)16-7-5-9-24-21(16)25-10-3-4-11-25/h3-5,7,9-11,13-14H,2,6,8,12H2,1H3. The van der Waals surface area contributed by atoms with Gasteiger partial charge in [0.1, 0.15) is 5.82 Å². The Morgan fingerprint density at radius 3 is 2.54 bits per heavy atom. The molecule has 0 aliphatic rings. The van der Waals surface area contributed by atoms with Crippen molar-refractivity contribution in [1.82, 2.24) is 9.55 Å². The Morgan fingerprint density at radius 2 is 1.86 bits per heavy atom. The lowest BCUT2D eigenvalue weighted by molar-refractivity contribution is -0.143. The van der Waals surface area contributed by atoms with Crippen LogP contribution in [0, 0.1) is 11.6 Å². The van der Waals surface area contributed by atoms with Gasteiger partial charge in [0, 0.05) is 30.6 Å². The Labute approximate surface area is 161 Å². The van der Waals surface area contributed by atoms with Crippen molar-refractivity contribution in [3.63, 3.8) is 0 Å². The van der Waals surface area contributed by atoms with Crippen LogP contribution in [0.5, 0.6) is 5.75 Å². The highest BCUT2D eigenvalue weighted by molar-refractivity contribution is 5.71. The molecule has 0 saturated heterocycles. The molecule has 0 saturated carbocycles. The minimum absolute atomic E-state index is 0.00745. The topological polar surface area (TPSA) is 53.4 Å². The summed E-state index contributed by atoms with van der Waals surface area (Å²) in [5.74, 6) is -1.88. The first-order chi connectivity index (χ1) is 13.6. The zero-order chi connectivity index (χ0) is 19.9. The molecule has 0 radical (unpaired) electrons. The third kappa shape index (κ3) is 4.54. The van der Waals surface area contributed by atoms with Crippen LogP contribution in [0.1, 0.15) is 19.8 Å². The molecule has 1 aromatic carbocycles. The second-order valence-electron chi connectivity index (χ2n) is 5.99. The highest BCUT2D eigenvalue weighted by Gasteiger charge is 2.16. The highest BCUT2D eigenvalue weighted by atomic mass is 19.1. The lowest BCUT2D eigenvalue weighted by Crippen LogP contribution is -2.08. The summed E-state index contributed by atoms with van der Waals surface area (Å²) in [6, 6.07) is 9.57. The van der Waals surface area contributed by atoms with Crippen molar-refractivity contribution in [3.8, 4) is 22.7 Å². The zero-order valence-electron chi connectivity index (χ0n) is 15.4. The van der Waals surface area contributed by atoms with E-state index in [1.807, 2.05) is 12.1 Å². The van der Waals surface area contributed by atoms with Crippen LogP contribution in [0.25, 0.3) is 16.9 Å². The summed E-state index contributed by atoms with van der Waals surface area (Å²) in [4.78, 5) is 15.6. The minimum atomic E-state index is -0.812. The van der Waals surface area contributed by atoms with E-state index in [9.17, 15) is 13.6 Å². The maximum Gasteiger partial charge on any atom is 0.305 e. The van der Waals surface area contributed by atoms with Crippen molar-refractivity contribution in [3.05, 3.63) is 66.6 Å². The number of rotatable bonds is 8. The molecule has 2 heterocycles. The van der Waals surface area contributed by atoms with Crippen molar-refractivity contribution in [2.75, 3.05) is 13.2 Å². The van der Waals surface area contributed by atoms with Crippen LogP contribution in [0.2, 0.25) is 0 Å². The number of carbonyl (C=O) groups excluding carboxylic acids is 1. The number of carbonyl (C=O) groups is 1. The average molecular weight is 386 g/mol. The fraction of sp³-hybridized carbons (Fsp3) is 0.238. The Hall–Kier alpha value is -3.22. The van der Waals surface area contributed by atoms with Crippen molar-refractivity contribution < 1.29 is 23.0 Å². The first-order valence-corrected chi connectivity index (χ1v) is 8.96. The molecule has 0 spiro atoms. The van der Waals surface area contributed by atoms with Crippen LogP contribution >= 0.6 is 0 Å². The molecule has 0 amide bonds. The maximum absolute atomic E-state index is 14.5. The molecule has 0 fully saturated rings.